The van der Waals surface area contributed by atoms with Crippen molar-refractivity contribution >= 4 is 38.9 Å². The van der Waals surface area contributed by atoms with Crippen molar-refractivity contribution in [1.29, 1.82) is 0 Å². The largest absolute Gasteiger partial charge is 0.462 e. The molecule has 1 aliphatic heterocycles. The maximum atomic E-state index is 12.9. The maximum absolute atomic E-state index is 12.9. The van der Waals surface area contributed by atoms with Crippen molar-refractivity contribution in [3.8, 4) is 0 Å². The second-order valence-electron chi connectivity index (χ2n) is 8.22. The maximum Gasteiger partial charge on any atom is 0.343 e. The van der Waals surface area contributed by atoms with E-state index >= 15 is 0 Å². The van der Waals surface area contributed by atoms with E-state index in [-0.39, 0.29) is 35.1 Å². The fourth-order valence-corrected chi connectivity index (χ4v) is 5.41. The third-order valence-electron chi connectivity index (χ3n) is 5.83. The minimum atomic E-state index is -3.64. The van der Waals surface area contributed by atoms with E-state index in [2.05, 4.69) is 15.6 Å². The number of ether oxygens (including phenoxy) is 1. The van der Waals surface area contributed by atoms with Crippen LogP contribution in [-0.4, -0.2) is 38.5 Å². The minimum absolute atomic E-state index is 0.0216. The van der Waals surface area contributed by atoms with Gasteiger partial charge in [-0.05, 0) is 68.5 Å². The number of carbonyl (C=O) groups is 2. The summed E-state index contributed by atoms with van der Waals surface area (Å²) in [5.41, 5.74) is 4.00. The van der Waals surface area contributed by atoms with E-state index in [1.807, 2.05) is 12.1 Å². The number of sulfone groups is 1. The standard InChI is InChI=1S/C25H27N3O5S/c1-3-33-25(30)23-16(2)26-20-9-4-5-10-21(20)27-24(23)28-22(29)13-14-34(31,32)19-12-11-17-7-6-8-18(17)15-19/h4-5,9-12,15,26H,3,6-8,13-14H2,1-2H3,(H,27,28,29). The second kappa shape index (κ2) is 9.80. The Kier molecular flexibility index (Phi) is 6.83. The molecular formula is C25H27N3O5S. The summed E-state index contributed by atoms with van der Waals surface area (Å²) in [5.74, 6) is -1.52. The van der Waals surface area contributed by atoms with Crippen LogP contribution in [0.1, 0.15) is 37.8 Å². The Bertz CT molecular complexity index is 1310. The Morgan fingerprint density at radius 2 is 1.88 bits per heavy atom. The van der Waals surface area contributed by atoms with Crippen molar-refractivity contribution < 1.29 is 22.7 Å². The Balaban J connectivity index is 1.53. The van der Waals surface area contributed by atoms with Gasteiger partial charge in [0.1, 0.15) is 11.4 Å². The van der Waals surface area contributed by atoms with Gasteiger partial charge in [-0.25, -0.2) is 18.2 Å². The lowest BCUT2D eigenvalue weighted by molar-refractivity contribution is -0.137. The summed E-state index contributed by atoms with van der Waals surface area (Å²) in [6, 6.07) is 12.4. The molecule has 8 nitrogen and oxygen atoms in total. The number of para-hydroxylation sites is 2. The number of benzene rings is 2. The summed E-state index contributed by atoms with van der Waals surface area (Å²) in [4.78, 5) is 30.1. The van der Waals surface area contributed by atoms with Crippen molar-refractivity contribution in [2.45, 2.75) is 44.4 Å². The molecule has 0 spiro atoms. The first-order chi connectivity index (χ1) is 16.3. The molecule has 2 aromatic rings. The van der Waals surface area contributed by atoms with Crippen LogP contribution >= 0.6 is 0 Å². The molecule has 2 aromatic carbocycles. The van der Waals surface area contributed by atoms with E-state index in [1.54, 1.807) is 44.2 Å². The molecule has 1 amide bonds. The van der Waals surface area contributed by atoms with E-state index in [1.165, 1.54) is 5.56 Å². The molecule has 0 saturated carbocycles. The number of hydrogen-bond acceptors (Lipinski definition) is 7. The number of aliphatic imine (C=N–C) groups is 1. The number of nitrogens with zero attached hydrogens (tertiary/aromatic N) is 1. The SMILES string of the molecule is CCOC(=O)C1=C(C)Nc2ccccc2N=C1NC(=O)CCS(=O)(=O)c1ccc2c(c1)CCC2. The highest BCUT2D eigenvalue weighted by atomic mass is 32.2. The van der Waals surface area contributed by atoms with Gasteiger partial charge in [-0.1, -0.05) is 18.2 Å². The van der Waals surface area contributed by atoms with E-state index in [9.17, 15) is 18.0 Å². The van der Waals surface area contributed by atoms with Crippen LogP contribution < -0.4 is 10.6 Å². The number of anilines is 1. The zero-order valence-corrected chi connectivity index (χ0v) is 20.0. The van der Waals surface area contributed by atoms with Gasteiger partial charge >= 0.3 is 5.97 Å². The van der Waals surface area contributed by atoms with Crippen LogP contribution in [0.15, 0.2) is 63.6 Å². The molecule has 0 saturated heterocycles. The predicted octanol–water partition coefficient (Wildman–Crippen LogP) is 3.45. The third kappa shape index (κ3) is 5.04. The molecular weight excluding hydrogens is 454 g/mol. The molecule has 2 aliphatic rings. The molecule has 34 heavy (non-hydrogen) atoms. The number of amides is 1. The van der Waals surface area contributed by atoms with Crippen LogP contribution in [0.5, 0.6) is 0 Å². The van der Waals surface area contributed by atoms with Crippen molar-refractivity contribution in [1.82, 2.24) is 5.32 Å². The van der Waals surface area contributed by atoms with Gasteiger partial charge in [-0.15, -0.1) is 0 Å². The normalized spacial score (nSPS) is 14.9. The van der Waals surface area contributed by atoms with E-state index in [0.717, 1.165) is 24.8 Å². The van der Waals surface area contributed by atoms with E-state index in [4.69, 9.17) is 4.74 Å². The van der Waals surface area contributed by atoms with Crippen LogP contribution in [-0.2, 0) is 37.0 Å². The number of hydrogen-bond donors (Lipinski definition) is 2. The van der Waals surface area contributed by atoms with Gasteiger partial charge in [0, 0.05) is 12.1 Å². The molecule has 0 bridgehead atoms. The highest BCUT2D eigenvalue weighted by Crippen LogP contribution is 2.30. The fraction of sp³-hybridized carbons (Fsp3) is 0.320. The summed E-state index contributed by atoms with van der Waals surface area (Å²) in [5, 5.41) is 5.76. The van der Waals surface area contributed by atoms with E-state index in [0.29, 0.717) is 17.1 Å². The molecule has 0 unspecified atom stereocenters. The summed E-state index contributed by atoms with van der Waals surface area (Å²) in [6.45, 7) is 3.53. The van der Waals surface area contributed by atoms with Crippen molar-refractivity contribution in [3.63, 3.8) is 0 Å². The highest BCUT2D eigenvalue weighted by Gasteiger charge is 2.27. The summed E-state index contributed by atoms with van der Waals surface area (Å²) in [6.07, 6.45) is 2.59. The molecule has 4 rings (SSSR count). The first-order valence-corrected chi connectivity index (χ1v) is 12.9. The minimum Gasteiger partial charge on any atom is -0.462 e. The van der Waals surface area contributed by atoms with E-state index < -0.39 is 21.7 Å². The second-order valence-corrected chi connectivity index (χ2v) is 10.3. The topological polar surface area (TPSA) is 114 Å². The van der Waals surface area contributed by atoms with Crippen LogP contribution in [0.3, 0.4) is 0 Å². The third-order valence-corrected chi connectivity index (χ3v) is 7.55. The van der Waals surface area contributed by atoms with Crippen molar-refractivity contribution in [2.75, 3.05) is 17.7 Å². The molecule has 0 aromatic heterocycles. The molecule has 0 atom stereocenters. The van der Waals surface area contributed by atoms with Crippen molar-refractivity contribution in [3.05, 3.63) is 64.9 Å². The zero-order chi connectivity index (χ0) is 24.3. The fourth-order valence-electron chi connectivity index (χ4n) is 4.12. The number of aryl methyl sites for hydroxylation is 2. The quantitative estimate of drug-likeness (QED) is 0.611. The lowest BCUT2D eigenvalue weighted by Crippen LogP contribution is -2.36. The predicted molar refractivity (Wildman–Crippen MR) is 130 cm³/mol. The molecule has 0 radical (unpaired) electrons. The Morgan fingerprint density at radius 1 is 1.12 bits per heavy atom. The first-order valence-electron chi connectivity index (χ1n) is 11.3. The van der Waals surface area contributed by atoms with Gasteiger partial charge in [0.15, 0.2) is 9.84 Å². The van der Waals surface area contributed by atoms with Crippen LogP contribution in [0, 0.1) is 0 Å². The Morgan fingerprint density at radius 3 is 2.68 bits per heavy atom. The number of amidine groups is 1. The highest BCUT2D eigenvalue weighted by molar-refractivity contribution is 7.91. The van der Waals surface area contributed by atoms with Gasteiger partial charge in [-0.3, -0.25) is 4.79 Å². The zero-order valence-electron chi connectivity index (χ0n) is 19.2. The number of rotatable bonds is 6. The summed E-state index contributed by atoms with van der Waals surface area (Å²) in [7, 11) is -3.64. The van der Waals surface area contributed by atoms with Gasteiger partial charge in [0.25, 0.3) is 0 Å². The number of fused-ring (bicyclic) bond motifs is 2. The number of carbonyl (C=O) groups excluding carboxylic acids is 2. The molecule has 1 heterocycles. The monoisotopic (exact) mass is 481 g/mol. The Labute approximate surface area is 199 Å². The molecule has 9 heteroatoms. The lowest BCUT2D eigenvalue weighted by atomic mass is 10.1. The number of nitrogens with one attached hydrogen (secondary N) is 2. The smallest absolute Gasteiger partial charge is 0.343 e. The average molecular weight is 482 g/mol. The molecule has 2 N–H and O–H groups in total. The van der Waals surface area contributed by atoms with Gasteiger partial charge in [0.05, 0.1) is 28.6 Å². The summed E-state index contributed by atoms with van der Waals surface area (Å²) >= 11 is 0. The average Bonchev–Trinajstić information content (AvgIpc) is 3.22. The molecule has 0 fully saturated rings. The molecule has 1 aliphatic carbocycles. The van der Waals surface area contributed by atoms with Crippen LogP contribution in [0.2, 0.25) is 0 Å². The first kappa shape index (κ1) is 23.7. The number of allylic oxidation sites excluding steroid dienone is 1. The van der Waals surface area contributed by atoms with Gasteiger partial charge in [0.2, 0.25) is 5.91 Å². The lowest BCUT2D eigenvalue weighted by Gasteiger charge is -2.13. The van der Waals surface area contributed by atoms with Crippen LogP contribution in [0.25, 0.3) is 0 Å². The van der Waals surface area contributed by atoms with Crippen LogP contribution in [0.4, 0.5) is 11.4 Å². The Hall–Kier alpha value is -3.46. The number of esters is 1. The van der Waals surface area contributed by atoms with Crippen molar-refractivity contribution in [2.24, 2.45) is 4.99 Å². The molecule has 178 valence electrons. The summed E-state index contributed by atoms with van der Waals surface area (Å²) < 4.78 is 30.9. The van der Waals surface area contributed by atoms with Gasteiger partial charge in [-0.2, -0.15) is 0 Å². The van der Waals surface area contributed by atoms with Gasteiger partial charge < -0.3 is 15.4 Å².